The molecule has 0 heterocycles. The van der Waals surface area contributed by atoms with Gasteiger partial charge in [0.25, 0.3) is 0 Å². The number of aryl methyl sites for hydroxylation is 1. The summed E-state index contributed by atoms with van der Waals surface area (Å²) in [6.45, 7) is 1.88. The van der Waals surface area contributed by atoms with E-state index < -0.39 is 18.7 Å². The van der Waals surface area contributed by atoms with Crippen LogP contribution in [0, 0.1) is 6.92 Å². The Morgan fingerprint density at radius 3 is 2.56 bits per heavy atom. The van der Waals surface area contributed by atoms with Gasteiger partial charge in [-0.25, -0.2) is 0 Å². The van der Waals surface area contributed by atoms with E-state index in [1.54, 1.807) is 18.2 Å². The first kappa shape index (κ1) is 13.0. The lowest BCUT2D eigenvalue weighted by molar-refractivity contribution is -0.136. The second-order valence-electron chi connectivity index (χ2n) is 3.94. The first-order valence-electron chi connectivity index (χ1n) is 5.20. The third-order valence-corrected chi connectivity index (χ3v) is 2.36. The third-order valence-electron chi connectivity index (χ3n) is 2.36. The average molecular weight is 232 g/mol. The summed E-state index contributed by atoms with van der Waals surface area (Å²) < 4.78 is 35.7. The minimum Gasteiger partial charge on any atom is -0.388 e. The van der Waals surface area contributed by atoms with Crippen molar-refractivity contribution < 1.29 is 18.3 Å². The summed E-state index contributed by atoms with van der Waals surface area (Å²) >= 11 is 0. The van der Waals surface area contributed by atoms with Gasteiger partial charge in [-0.15, -0.1) is 0 Å². The van der Waals surface area contributed by atoms with Gasteiger partial charge in [-0.3, -0.25) is 0 Å². The van der Waals surface area contributed by atoms with Gasteiger partial charge in [0.1, 0.15) is 0 Å². The molecule has 0 saturated carbocycles. The molecule has 1 unspecified atom stereocenters. The molecular formula is C12H15F3O. The van der Waals surface area contributed by atoms with Gasteiger partial charge in [-0.05, 0) is 25.3 Å². The molecular weight excluding hydrogens is 217 g/mol. The number of benzene rings is 1. The Balaban J connectivity index is 2.44. The van der Waals surface area contributed by atoms with Crippen LogP contribution in [0.1, 0.15) is 36.5 Å². The van der Waals surface area contributed by atoms with Crippen LogP contribution >= 0.6 is 0 Å². The zero-order valence-corrected chi connectivity index (χ0v) is 9.09. The average Bonchev–Trinajstić information content (AvgIpc) is 2.15. The summed E-state index contributed by atoms with van der Waals surface area (Å²) in [6, 6.07) is 7.19. The van der Waals surface area contributed by atoms with Crippen molar-refractivity contribution in [2.45, 2.75) is 38.5 Å². The number of halogens is 3. The summed E-state index contributed by atoms with van der Waals surface area (Å²) in [6.07, 6.45) is -5.67. The second-order valence-corrected chi connectivity index (χ2v) is 3.94. The standard InChI is InChI=1S/C12H15F3O/c1-9-4-2-5-10(8-9)11(16)6-3-7-12(13,14)15/h2,4-5,8,11,16H,3,6-7H2,1H3. The lowest BCUT2D eigenvalue weighted by atomic mass is 10.0. The molecule has 1 nitrogen and oxygen atoms in total. The fraction of sp³-hybridized carbons (Fsp3) is 0.500. The van der Waals surface area contributed by atoms with Gasteiger partial charge in [-0.1, -0.05) is 29.8 Å². The number of aliphatic hydroxyl groups excluding tert-OH is 1. The molecule has 0 spiro atoms. The SMILES string of the molecule is Cc1cccc(C(O)CCCC(F)(F)F)c1. The number of rotatable bonds is 4. The quantitative estimate of drug-likeness (QED) is 0.838. The highest BCUT2D eigenvalue weighted by Gasteiger charge is 2.26. The maximum atomic E-state index is 11.9. The molecule has 1 rings (SSSR count). The highest BCUT2D eigenvalue weighted by molar-refractivity contribution is 5.23. The molecule has 0 amide bonds. The van der Waals surface area contributed by atoms with E-state index in [1.165, 1.54) is 0 Å². The minimum atomic E-state index is -4.13. The second kappa shape index (κ2) is 5.34. The topological polar surface area (TPSA) is 20.2 Å². The van der Waals surface area contributed by atoms with Gasteiger partial charge in [0.05, 0.1) is 6.10 Å². The summed E-state index contributed by atoms with van der Waals surface area (Å²) in [5.41, 5.74) is 1.68. The van der Waals surface area contributed by atoms with Crippen molar-refractivity contribution in [3.8, 4) is 0 Å². The Labute approximate surface area is 92.9 Å². The Kier molecular flexibility index (Phi) is 4.35. The van der Waals surface area contributed by atoms with E-state index in [9.17, 15) is 18.3 Å². The van der Waals surface area contributed by atoms with Crippen molar-refractivity contribution in [1.82, 2.24) is 0 Å². The molecule has 1 N–H and O–H groups in total. The smallest absolute Gasteiger partial charge is 0.388 e. The monoisotopic (exact) mass is 232 g/mol. The summed E-state index contributed by atoms with van der Waals surface area (Å²) in [5, 5.41) is 9.67. The van der Waals surface area contributed by atoms with Crippen LogP contribution in [-0.4, -0.2) is 11.3 Å². The molecule has 0 bridgehead atoms. The number of aliphatic hydroxyl groups is 1. The molecule has 0 aliphatic heterocycles. The lowest BCUT2D eigenvalue weighted by Crippen LogP contribution is -2.08. The van der Waals surface area contributed by atoms with Crippen LogP contribution in [0.15, 0.2) is 24.3 Å². The van der Waals surface area contributed by atoms with E-state index >= 15 is 0 Å². The van der Waals surface area contributed by atoms with Crippen LogP contribution in [0.25, 0.3) is 0 Å². The predicted octanol–water partition coefficient (Wildman–Crippen LogP) is 3.76. The maximum absolute atomic E-state index is 11.9. The highest BCUT2D eigenvalue weighted by Crippen LogP contribution is 2.26. The molecule has 4 heteroatoms. The fourth-order valence-corrected chi connectivity index (χ4v) is 1.54. The molecule has 1 aromatic rings. The van der Waals surface area contributed by atoms with Crippen LogP contribution in [-0.2, 0) is 0 Å². The summed E-state index contributed by atoms with van der Waals surface area (Å²) in [4.78, 5) is 0. The molecule has 0 aromatic heterocycles. The Morgan fingerprint density at radius 2 is 2.00 bits per heavy atom. The summed E-state index contributed by atoms with van der Waals surface area (Å²) in [5.74, 6) is 0. The van der Waals surface area contributed by atoms with E-state index in [-0.39, 0.29) is 12.8 Å². The van der Waals surface area contributed by atoms with Crippen LogP contribution < -0.4 is 0 Å². The highest BCUT2D eigenvalue weighted by atomic mass is 19.4. The molecule has 90 valence electrons. The van der Waals surface area contributed by atoms with Gasteiger partial charge in [0, 0.05) is 6.42 Å². The Morgan fingerprint density at radius 1 is 1.31 bits per heavy atom. The Bertz CT molecular complexity index is 333. The molecule has 0 fully saturated rings. The zero-order valence-electron chi connectivity index (χ0n) is 9.09. The van der Waals surface area contributed by atoms with Crippen LogP contribution in [0.4, 0.5) is 13.2 Å². The first-order valence-corrected chi connectivity index (χ1v) is 5.20. The number of hydrogen-bond acceptors (Lipinski definition) is 1. The molecule has 1 atom stereocenters. The van der Waals surface area contributed by atoms with E-state index in [0.717, 1.165) is 5.56 Å². The summed E-state index contributed by atoms with van der Waals surface area (Å²) in [7, 11) is 0. The normalized spacial score (nSPS) is 13.8. The Hall–Kier alpha value is -1.03. The van der Waals surface area contributed by atoms with Crippen molar-refractivity contribution >= 4 is 0 Å². The van der Waals surface area contributed by atoms with E-state index in [4.69, 9.17) is 0 Å². The van der Waals surface area contributed by atoms with Gasteiger partial charge < -0.3 is 5.11 Å². The maximum Gasteiger partial charge on any atom is 0.389 e. The van der Waals surface area contributed by atoms with Crippen LogP contribution in [0.5, 0.6) is 0 Å². The van der Waals surface area contributed by atoms with Crippen molar-refractivity contribution in [3.63, 3.8) is 0 Å². The van der Waals surface area contributed by atoms with E-state index in [1.807, 2.05) is 13.0 Å². The number of alkyl halides is 3. The minimum absolute atomic E-state index is 0.0430. The van der Waals surface area contributed by atoms with Gasteiger partial charge >= 0.3 is 6.18 Å². The van der Waals surface area contributed by atoms with Gasteiger partial charge in [0.15, 0.2) is 0 Å². The van der Waals surface area contributed by atoms with Gasteiger partial charge in [-0.2, -0.15) is 13.2 Å². The predicted molar refractivity (Wildman–Crippen MR) is 56.0 cm³/mol. The molecule has 0 radical (unpaired) electrons. The van der Waals surface area contributed by atoms with E-state index in [0.29, 0.717) is 5.56 Å². The first-order chi connectivity index (χ1) is 7.38. The molecule has 1 aromatic carbocycles. The third kappa shape index (κ3) is 4.66. The van der Waals surface area contributed by atoms with Crippen molar-refractivity contribution in [2.75, 3.05) is 0 Å². The van der Waals surface area contributed by atoms with Gasteiger partial charge in [0.2, 0.25) is 0 Å². The molecule has 0 aliphatic rings. The van der Waals surface area contributed by atoms with Crippen molar-refractivity contribution in [3.05, 3.63) is 35.4 Å². The number of hydrogen-bond donors (Lipinski definition) is 1. The van der Waals surface area contributed by atoms with Crippen molar-refractivity contribution in [2.24, 2.45) is 0 Å². The molecule has 0 saturated heterocycles. The van der Waals surface area contributed by atoms with Crippen LogP contribution in [0.3, 0.4) is 0 Å². The largest absolute Gasteiger partial charge is 0.389 e. The van der Waals surface area contributed by atoms with E-state index in [2.05, 4.69) is 0 Å². The lowest BCUT2D eigenvalue weighted by Gasteiger charge is -2.12. The molecule has 16 heavy (non-hydrogen) atoms. The zero-order chi connectivity index (χ0) is 12.2. The fourth-order valence-electron chi connectivity index (χ4n) is 1.54. The van der Waals surface area contributed by atoms with Crippen molar-refractivity contribution in [1.29, 1.82) is 0 Å². The van der Waals surface area contributed by atoms with Crippen LogP contribution in [0.2, 0.25) is 0 Å². The molecule has 0 aliphatic carbocycles.